The maximum absolute atomic E-state index is 12.8. The fourth-order valence-corrected chi connectivity index (χ4v) is 4.15. The van der Waals surface area contributed by atoms with Crippen LogP contribution in [0.4, 0.5) is 11.4 Å². The number of ether oxygens (including phenoxy) is 2. The summed E-state index contributed by atoms with van der Waals surface area (Å²) in [4.78, 5) is 26.7. The van der Waals surface area contributed by atoms with Gasteiger partial charge in [0, 0.05) is 11.8 Å². The Hall–Kier alpha value is -3.06. The summed E-state index contributed by atoms with van der Waals surface area (Å²) in [5, 5.41) is 5.79. The van der Waals surface area contributed by atoms with Gasteiger partial charge in [-0.05, 0) is 49.9 Å². The lowest BCUT2D eigenvalue weighted by Crippen LogP contribution is -3.14. The second-order valence-electron chi connectivity index (χ2n) is 7.97. The minimum atomic E-state index is -0.294. The number of amides is 2. The van der Waals surface area contributed by atoms with Crippen molar-refractivity contribution in [3.05, 3.63) is 48.0 Å². The fourth-order valence-electron chi connectivity index (χ4n) is 4.15. The van der Waals surface area contributed by atoms with E-state index in [0.29, 0.717) is 41.0 Å². The van der Waals surface area contributed by atoms with Crippen molar-refractivity contribution in [3.8, 4) is 11.5 Å². The average molecular weight is 410 g/mol. The number of carbonyl (C=O) groups is 2. The third kappa shape index (κ3) is 4.74. The molecule has 1 aliphatic carbocycles. The number of benzene rings is 2. The lowest BCUT2D eigenvalue weighted by molar-refractivity contribution is -0.899. The average Bonchev–Trinajstić information content (AvgIpc) is 3.22. The van der Waals surface area contributed by atoms with Gasteiger partial charge in [-0.15, -0.1) is 0 Å². The van der Waals surface area contributed by atoms with Crippen LogP contribution in [0.5, 0.6) is 11.5 Å². The molecule has 2 aromatic rings. The smallest absolute Gasteiger partial charge is 0.279 e. The molecule has 0 bridgehead atoms. The van der Waals surface area contributed by atoms with E-state index in [0.717, 1.165) is 0 Å². The summed E-state index contributed by atoms with van der Waals surface area (Å²) >= 11 is 0. The predicted octanol–water partition coefficient (Wildman–Crippen LogP) is 2.45. The van der Waals surface area contributed by atoms with Crippen molar-refractivity contribution in [1.29, 1.82) is 0 Å². The van der Waals surface area contributed by atoms with Gasteiger partial charge in [-0.2, -0.15) is 0 Å². The minimum absolute atomic E-state index is 0.0820. The molecule has 0 spiro atoms. The number of fused-ring (bicyclic) bond motifs is 1. The quantitative estimate of drug-likeness (QED) is 0.683. The van der Waals surface area contributed by atoms with Gasteiger partial charge in [0.1, 0.15) is 0 Å². The summed E-state index contributed by atoms with van der Waals surface area (Å²) in [6.07, 6.45) is 6.13. The zero-order valence-corrected chi connectivity index (χ0v) is 17.2. The van der Waals surface area contributed by atoms with E-state index in [1.54, 1.807) is 36.4 Å². The van der Waals surface area contributed by atoms with Crippen molar-refractivity contribution in [1.82, 2.24) is 0 Å². The SMILES string of the molecule is C[NH+](CC(=O)Nc1ccccc1C(=O)Nc1ccc2c(c1)OCO2)C1CCCCC1. The number of quaternary nitrogens is 1. The molecule has 1 atom stereocenters. The van der Waals surface area contributed by atoms with Crippen LogP contribution < -0.4 is 25.0 Å². The molecular formula is C23H28N3O4+. The summed E-state index contributed by atoms with van der Waals surface area (Å²) in [6, 6.07) is 12.8. The Labute approximate surface area is 176 Å². The number of hydrogen-bond donors (Lipinski definition) is 3. The number of rotatable bonds is 6. The Morgan fingerprint density at radius 3 is 2.60 bits per heavy atom. The Bertz CT molecular complexity index is 924. The van der Waals surface area contributed by atoms with Crippen molar-refractivity contribution in [3.63, 3.8) is 0 Å². The molecule has 2 aromatic carbocycles. The molecule has 3 N–H and O–H groups in total. The van der Waals surface area contributed by atoms with Gasteiger partial charge in [-0.25, -0.2) is 0 Å². The Kier molecular flexibility index (Phi) is 6.18. The van der Waals surface area contributed by atoms with Crippen molar-refractivity contribution < 1.29 is 24.0 Å². The number of likely N-dealkylation sites (N-methyl/N-ethyl adjacent to an activating group) is 1. The van der Waals surface area contributed by atoms with Gasteiger partial charge >= 0.3 is 0 Å². The molecule has 0 radical (unpaired) electrons. The van der Waals surface area contributed by atoms with E-state index in [4.69, 9.17) is 9.47 Å². The number of carbonyl (C=O) groups excluding carboxylic acids is 2. The van der Waals surface area contributed by atoms with Gasteiger partial charge in [-0.1, -0.05) is 18.6 Å². The zero-order valence-electron chi connectivity index (χ0n) is 17.2. The highest BCUT2D eigenvalue weighted by Crippen LogP contribution is 2.34. The Balaban J connectivity index is 1.40. The number of para-hydroxylation sites is 1. The van der Waals surface area contributed by atoms with Crippen LogP contribution in [-0.4, -0.2) is 38.2 Å². The van der Waals surface area contributed by atoms with Crippen LogP contribution in [0.15, 0.2) is 42.5 Å². The van der Waals surface area contributed by atoms with E-state index in [9.17, 15) is 9.59 Å². The second kappa shape index (κ2) is 9.17. The van der Waals surface area contributed by atoms with Crippen LogP contribution in [0.1, 0.15) is 42.5 Å². The standard InChI is InChI=1S/C23H27N3O4/c1-26(17-7-3-2-4-8-17)14-22(27)25-19-10-6-5-9-18(19)23(28)24-16-11-12-20-21(13-16)30-15-29-20/h5-6,9-13,17H,2-4,7-8,14-15H2,1H3,(H,24,28)(H,25,27)/p+1. The lowest BCUT2D eigenvalue weighted by Gasteiger charge is -2.27. The molecule has 1 fully saturated rings. The van der Waals surface area contributed by atoms with E-state index in [1.165, 1.54) is 37.0 Å². The highest BCUT2D eigenvalue weighted by Gasteiger charge is 2.24. The highest BCUT2D eigenvalue weighted by molar-refractivity contribution is 6.10. The van der Waals surface area contributed by atoms with Gasteiger partial charge in [0.2, 0.25) is 6.79 Å². The van der Waals surface area contributed by atoms with Crippen LogP contribution in [-0.2, 0) is 4.79 Å². The third-order valence-electron chi connectivity index (χ3n) is 5.82. The first-order chi connectivity index (χ1) is 14.6. The molecule has 1 unspecified atom stereocenters. The van der Waals surface area contributed by atoms with Crippen molar-refractivity contribution in [2.24, 2.45) is 0 Å². The largest absolute Gasteiger partial charge is 0.454 e. The van der Waals surface area contributed by atoms with Gasteiger partial charge in [0.15, 0.2) is 18.0 Å². The monoisotopic (exact) mass is 410 g/mol. The van der Waals surface area contributed by atoms with Crippen LogP contribution >= 0.6 is 0 Å². The van der Waals surface area contributed by atoms with Crippen LogP contribution in [0, 0.1) is 0 Å². The fraction of sp³-hybridized carbons (Fsp3) is 0.391. The summed E-state index contributed by atoms with van der Waals surface area (Å²) in [7, 11) is 2.08. The number of nitrogens with one attached hydrogen (secondary N) is 3. The molecular weight excluding hydrogens is 382 g/mol. The van der Waals surface area contributed by atoms with Gasteiger partial charge in [0.05, 0.1) is 24.3 Å². The molecule has 4 rings (SSSR count). The topological polar surface area (TPSA) is 81.1 Å². The summed E-state index contributed by atoms with van der Waals surface area (Å²) in [5.41, 5.74) is 1.53. The predicted molar refractivity (Wildman–Crippen MR) is 114 cm³/mol. The molecule has 1 aliphatic heterocycles. The van der Waals surface area contributed by atoms with Crippen molar-refractivity contribution in [2.75, 3.05) is 31.0 Å². The first-order valence-corrected chi connectivity index (χ1v) is 10.5. The minimum Gasteiger partial charge on any atom is -0.454 e. The maximum Gasteiger partial charge on any atom is 0.279 e. The van der Waals surface area contributed by atoms with Crippen LogP contribution in [0.3, 0.4) is 0 Å². The number of anilines is 2. The first kappa shape index (κ1) is 20.2. The molecule has 7 nitrogen and oxygen atoms in total. The molecule has 1 saturated carbocycles. The normalized spacial score (nSPS) is 16.7. The summed E-state index contributed by atoms with van der Waals surface area (Å²) < 4.78 is 10.7. The van der Waals surface area contributed by atoms with Crippen LogP contribution in [0.2, 0.25) is 0 Å². The van der Waals surface area contributed by atoms with E-state index in [1.807, 2.05) is 6.07 Å². The lowest BCUT2D eigenvalue weighted by atomic mass is 9.94. The number of hydrogen-bond acceptors (Lipinski definition) is 4. The second-order valence-corrected chi connectivity index (χ2v) is 7.97. The third-order valence-corrected chi connectivity index (χ3v) is 5.82. The van der Waals surface area contributed by atoms with E-state index < -0.39 is 0 Å². The van der Waals surface area contributed by atoms with Gasteiger partial charge in [0.25, 0.3) is 11.8 Å². The molecule has 1 heterocycles. The van der Waals surface area contributed by atoms with Crippen LogP contribution in [0.25, 0.3) is 0 Å². The van der Waals surface area contributed by atoms with E-state index >= 15 is 0 Å². The summed E-state index contributed by atoms with van der Waals surface area (Å²) in [5.74, 6) is 0.882. The zero-order chi connectivity index (χ0) is 20.9. The molecule has 2 aliphatic rings. The van der Waals surface area contributed by atoms with Gasteiger partial charge in [-0.3, -0.25) is 9.59 Å². The van der Waals surface area contributed by atoms with Crippen molar-refractivity contribution >= 4 is 23.2 Å². The van der Waals surface area contributed by atoms with Crippen molar-refractivity contribution in [2.45, 2.75) is 38.1 Å². The van der Waals surface area contributed by atoms with E-state index in [-0.39, 0.29) is 18.6 Å². The van der Waals surface area contributed by atoms with E-state index in [2.05, 4.69) is 17.7 Å². The molecule has 0 saturated heterocycles. The molecule has 0 aromatic heterocycles. The molecule has 7 heteroatoms. The molecule has 2 amide bonds. The van der Waals surface area contributed by atoms with Gasteiger partial charge < -0.3 is 25.0 Å². The molecule has 30 heavy (non-hydrogen) atoms. The first-order valence-electron chi connectivity index (χ1n) is 10.5. The summed E-state index contributed by atoms with van der Waals surface area (Å²) in [6.45, 7) is 0.571. The molecule has 158 valence electrons. The maximum atomic E-state index is 12.8. The highest BCUT2D eigenvalue weighted by atomic mass is 16.7. The Morgan fingerprint density at radius 1 is 1.00 bits per heavy atom. The Morgan fingerprint density at radius 2 is 1.77 bits per heavy atom.